The first-order valence-electron chi connectivity index (χ1n) is 10.6. The molecule has 1 unspecified atom stereocenters. The van der Waals surface area contributed by atoms with E-state index in [4.69, 9.17) is 0 Å². The number of hydrogen-bond acceptors (Lipinski definition) is 4. The molecule has 29 heavy (non-hydrogen) atoms. The molecule has 6 heteroatoms. The van der Waals surface area contributed by atoms with Crippen molar-refractivity contribution in [1.29, 1.82) is 0 Å². The second kappa shape index (κ2) is 8.89. The second-order valence-corrected chi connectivity index (χ2v) is 9.14. The largest absolute Gasteiger partial charge is 0.347 e. The maximum Gasteiger partial charge on any atom is 0.275 e. The van der Waals surface area contributed by atoms with Crippen LogP contribution in [0.4, 0.5) is 0 Å². The van der Waals surface area contributed by atoms with Crippen molar-refractivity contribution in [1.82, 2.24) is 20.5 Å². The molecule has 0 saturated heterocycles. The smallest absolute Gasteiger partial charge is 0.275 e. The lowest BCUT2D eigenvalue weighted by Gasteiger charge is -2.36. The fourth-order valence-electron chi connectivity index (χ4n) is 4.17. The van der Waals surface area contributed by atoms with Gasteiger partial charge in [0.1, 0.15) is 0 Å². The third kappa shape index (κ3) is 5.11. The summed E-state index contributed by atoms with van der Waals surface area (Å²) in [6.45, 7) is 8.76. The van der Waals surface area contributed by atoms with Gasteiger partial charge in [-0.3, -0.25) is 9.59 Å². The number of aromatic nitrogens is 3. The van der Waals surface area contributed by atoms with Gasteiger partial charge >= 0.3 is 0 Å². The Labute approximate surface area is 172 Å². The van der Waals surface area contributed by atoms with Crippen LogP contribution in [0.25, 0.3) is 11.4 Å². The van der Waals surface area contributed by atoms with Gasteiger partial charge in [-0.25, -0.2) is 0 Å². The Bertz CT molecular complexity index is 878. The Morgan fingerprint density at radius 3 is 2.34 bits per heavy atom. The van der Waals surface area contributed by atoms with Gasteiger partial charge in [-0.05, 0) is 43.4 Å². The molecule has 1 atom stereocenters. The molecule has 0 spiro atoms. The lowest BCUT2D eigenvalue weighted by atomic mass is 9.69. The van der Waals surface area contributed by atoms with Gasteiger partial charge in [0.05, 0.1) is 6.04 Å². The summed E-state index contributed by atoms with van der Waals surface area (Å²) in [7, 11) is 0. The van der Waals surface area contributed by atoms with Crippen molar-refractivity contribution in [2.24, 2.45) is 17.3 Å². The zero-order valence-electron chi connectivity index (χ0n) is 17.9. The van der Waals surface area contributed by atoms with E-state index in [-0.39, 0.29) is 28.5 Å². The number of aromatic amines is 1. The van der Waals surface area contributed by atoms with Gasteiger partial charge in [0.15, 0.2) is 11.5 Å². The van der Waals surface area contributed by atoms with Crippen LogP contribution in [-0.2, 0) is 4.79 Å². The van der Waals surface area contributed by atoms with E-state index in [1.165, 1.54) is 0 Å². The van der Waals surface area contributed by atoms with Gasteiger partial charge in [-0.1, -0.05) is 58.0 Å². The predicted molar refractivity (Wildman–Crippen MR) is 114 cm³/mol. The van der Waals surface area contributed by atoms with Crippen molar-refractivity contribution in [2.75, 3.05) is 0 Å². The van der Waals surface area contributed by atoms with Crippen LogP contribution in [0.5, 0.6) is 0 Å². The molecular weight excluding hydrogens is 364 g/mol. The van der Waals surface area contributed by atoms with Crippen molar-refractivity contribution < 1.29 is 4.79 Å². The van der Waals surface area contributed by atoms with Gasteiger partial charge in [-0.2, -0.15) is 0 Å². The topological polar surface area (TPSA) is 87.7 Å². The zero-order chi connectivity index (χ0) is 21.0. The molecule has 1 heterocycles. The monoisotopic (exact) mass is 396 g/mol. The summed E-state index contributed by atoms with van der Waals surface area (Å²) in [6.07, 6.45) is 4.54. The molecule has 6 nitrogen and oxygen atoms in total. The molecular formula is C23H32N4O2. The van der Waals surface area contributed by atoms with E-state index in [1.807, 2.05) is 37.3 Å². The Kier molecular flexibility index (Phi) is 6.50. The van der Waals surface area contributed by atoms with E-state index in [1.54, 1.807) is 0 Å². The number of nitrogens with one attached hydrogen (secondary N) is 2. The normalized spacial score (nSPS) is 20.8. The number of benzene rings is 1. The van der Waals surface area contributed by atoms with Gasteiger partial charge < -0.3 is 10.3 Å². The first-order valence-corrected chi connectivity index (χ1v) is 10.6. The number of carbonyl (C=O) groups is 1. The maximum atomic E-state index is 12.8. The summed E-state index contributed by atoms with van der Waals surface area (Å²) >= 11 is 0. The lowest BCUT2D eigenvalue weighted by Crippen LogP contribution is -2.39. The highest BCUT2D eigenvalue weighted by Gasteiger charge is 2.33. The predicted octanol–water partition coefficient (Wildman–Crippen LogP) is 4.25. The van der Waals surface area contributed by atoms with E-state index >= 15 is 0 Å². The molecule has 1 aliphatic carbocycles. The molecule has 2 aromatic rings. The Morgan fingerprint density at radius 2 is 1.79 bits per heavy atom. The number of carbonyl (C=O) groups excluding carboxylic acids is 1. The molecule has 1 saturated carbocycles. The second-order valence-electron chi connectivity index (χ2n) is 9.14. The third-order valence-corrected chi connectivity index (χ3v) is 6.15. The van der Waals surface area contributed by atoms with Crippen molar-refractivity contribution in [3.8, 4) is 11.4 Å². The Balaban J connectivity index is 1.67. The first-order chi connectivity index (χ1) is 13.8. The third-order valence-electron chi connectivity index (χ3n) is 6.15. The molecule has 2 N–H and O–H groups in total. The minimum atomic E-state index is -0.427. The van der Waals surface area contributed by atoms with E-state index in [0.717, 1.165) is 31.2 Å². The van der Waals surface area contributed by atoms with E-state index in [0.29, 0.717) is 18.2 Å². The molecule has 1 aromatic carbocycles. The van der Waals surface area contributed by atoms with Gasteiger partial charge in [0, 0.05) is 11.5 Å². The summed E-state index contributed by atoms with van der Waals surface area (Å²) in [4.78, 5) is 28.2. The number of amides is 1. The van der Waals surface area contributed by atoms with Crippen molar-refractivity contribution in [2.45, 2.75) is 65.8 Å². The summed E-state index contributed by atoms with van der Waals surface area (Å²) in [5.74, 6) is 1.13. The fraction of sp³-hybridized carbons (Fsp3) is 0.565. The van der Waals surface area contributed by atoms with Crippen LogP contribution in [0.1, 0.15) is 71.5 Å². The summed E-state index contributed by atoms with van der Waals surface area (Å²) in [6, 6.07) is 8.98. The Hall–Kier alpha value is -2.50. The molecule has 1 aliphatic rings. The van der Waals surface area contributed by atoms with Crippen LogP contribution < -0.4 is 10.9 Å². The number of rotatable bonds is 5. The SMILES string of the molecule is CCC(NC(=O)[C@H]1CC[C@@H](C(C)(C)C)CC1)c1nnc(-c2ccccc2)[nH]c1=O. The fourth-order valence-corrected chi connectivity index (χ4v) is 4.17. The molecule has 1 amide bonds. The van der Waals surface area contributed by atoms with Crippen LogP contribution in [0.3, 0.4) is 0 Å². The van der Waals surface area contributed by atoms with Crippen molar-refractivity contribution >= 4 is 5.91 Å². The van der Waals surface area contributed by atoms with Crippen molar-refractivity contribution in [3.63, 3.8) is 0 Å². The summed E-state index contributed by atoms with van der Waals surface area (Å²) < 4.78 is 0. The first kappa shape index (κ1) is 21.2. The van der Waals surface area contributed by atoms with E-state index in [9.17, 15) is 9.59 Å². The average Bonchev–Trinajstić information content (AvgIpc) is 2.72. The molecule has 156 valence electrons. The van der Waals surface area contributed by atoms with Gasteiger partial charge in [0.2, 0.25) is 5.91 Å². The lowest BCUT2D eigenvalue weighted by molar-refractivity contribution is -0.127. The molecule has 3 rings (SSSR count). The Morgan fingerprint density at radius 1 is 1.14 bits per heavy atom. The maximum absolute atomic E-state index is 12.8. The molecule has 0 radical (unpaired) electrons. The summed E-state index contributed by atoms with van der Waals surface area (Å²) in [5.41, 5.74) is 1.05. The highest BCUT2D eigenvalue weighted by Crippen LogP contribution is 2.40. The quantitative estimate of drug-likeness (QED) is 0.791. The zero-order valence-corrected chi connectivity index (χ0v) is 17.9. The van der Waals surface area contributed by atoms with E-state index < -0.39 is 6.04 Å². The molecule has 0 aliphatic heterocycles. The van der Waals surface area contributed by atoms with Crippen molar-refractivity contribution in [3.05, 3.63) is 46.4 Å². The van der Waals surface area contributed by atoms with Crippen LogP contribution in [0.15, 0.2) is 35.1 Å². The van der Waals surface area contributed by atoms with Crippen LogP contribution in [0.2, 0.25) is 0 Å². The number of nitrogens with zero attached hydrogens (tertiary/aromatic N) is 2. The van der Waals surface area contributed by atoms with Crippen LogP contribution in [-0.4, -0.2) is 21.1 Å². The molecule has 0 bridgehead atoms. The average molecular weight is 397 g/mol. The van der Waals surface area contributed by atoms with Crippen LogP contribution in [0, 0.1) is 17.3 Å². The van der Waals surface area contributed by atoms with Crippen LogP contribution >= 0.6 is 0 Å². The van der Waals surface area contributed by atoms with E-state index in [2.05, 4.69) is 41.3 Å². The van der Waals surface area contributed by atoms with Gasteiger partial charge in [-0.15, -0.1) is 10.2 Å². The highest BCUT2D eigenvalue weighted by atomic mass is 16.2. The number of hydrogen-bond donors (Lipinski definition) is 2. The highest BCUT2D eigenvalue weighted by molar-refractivity contribution is 5.79. The molecule has 1 fully saturated rings. The standard InChI is InChI=1S/C23H32N4O2/c1-5-18(24-21(28)16-11-13-17(14-12-16)23(2,3)4)19-22(29)25-20(27-26-19)15-9-7-6-8-10-15/h6-10,16-18H,5,11-14H2,1-4H3,(H,24,28)(H,25,27,29)/t16-,17+,18?. The summed E-state index contributed by atoms with van der Waals surface area (Å²) in [5, 5.41) is 11.4. The minimum Gasteiger partial charge on any atom is -0.347 e. The minimum absolute atomic E-state index is 0.0123. The molecule has 1 aromatic heterocycles. The van der Waals surface area contributed by atoms with Gasteiger partial charge in [0.25, 0.3) is 5.56 Å². The number of H-pyrrole nitrogens is 1.